The lowest BCUT2D eigenvalue weighted by atomic mass is 9.49. The molecule has 1 aromatic heterocycles. The quantitative estimate of drug-likeness (QED) is 0.914. The van der Waals surface area contributed by atoms with Gasteiger partial charge < -0.3 is 9.63 Å². The first-order valence-corrected chi connectivity index (χ1v) is 7.68. The molecule has 1 N–H and O–H groups in total. The average molecular weight is 276 g/mol. The van der Waals surface area contributed by atoms with Gasteiger partial charge in [0.2, 0.25) is 5.89 Å². The van der Waals surface area contributed by atoms with E-state index < -0.39 is 5.97 Å². The molecule has 1 heterocycles. The molecule has 0 radical (unpaired) electrons. The zero-order valence-corrected chi connectivity index (χ0v) is 11.5. The molecule has 0 unspecified atom stereocenters. The molecule has 0 amide bonds. The Hall–Kier alpha value is -1.39. The van der Waals surface area contributed by atoms with Crippen molar-refractivity contribution in [1.82, 2.24) is 10.1 Å². The normalized spacial score (nSPS) is 38.3. The van der Waals surface area contributed by atoms with Gasteiger partial charge in [-0.15, -0.1) is 0 Å². The topological polar surface area (TPSA) is 76.2 Å². The maximum Gasteiger partial charge on any atom is 0.303 e. The van der Waals surface area contributed by atoms with E-state index in [1.807, 2.05) is 0 Å². The zero-order valence-electron chi connectivity index (χ0n) is 11.5. The second-order valence-electron chi connectivity index (χ2n) is 7.10. The highest BCUT2D eigenvalue weighted by Gasteiger charge is 2.53. The van der Waals surface area contributed by atoms with Crippen LogP contribution in [0.3, 0.4) is 0 Å². The van der Waals surface area contributed by atoms with Gasteiger partial charge in [-0.25, -0.2) is 0 Å². The van der Waals surface area contributed by atoms with E-state index in [0.717, 1.165) is 23.6 Å². The lowest BCUT2D eigenvalue weighted by Crippen LogP contribution is -2.49. The minimum atomic E-state index is -0.820. The van der Waals surface area contributed by atoms with Crippen LogP contribution in [0.2, 0.25) is 0 Å². The van der Waals surface area contributed by atoms with E-state index in [4.69, 9.17) is 9.63 Å². The largest absolute Gasteiger partial charge is 0.481 e. The van der Waals surface area contributed by atoms with Crippen LogP contribution in [0.25, 0.3) is 0 Å². The van der Waals surface area contributed by atoms with Crippen LogP contribution in [-0.2, 0) is 16.6 Å². The van der Waals surface area contributed by atoms with Crippen molar-refractivity contribution in [3.05, 3.63) is 11.7 Å². The first kappa shape index (κ1) is 12.4. The van der Waals surface area contributed by atoms with Gasteiger partial charge in [-0.1, -0.05) is 5.16 Å². The molecule has 0 spiro atoms. The Labute approximate surface area is 117 Å². The summed E-state index contributed by atoms with van der Waals surface area (Å²) >= 11 is 0. The van der Waals surface area contributed by atoms with E-state index in [2.05, 4.69) is 10.1 Å². The van der Waals surface area contributed by atoms with Gasteiger partial charge in [0.1, 0.15) is 0 Å². The zero-order chi connectivity index (χ0) is 13.7. The van der Waals surface area contributed by atoms with Gasteiger partial charge in [0, 0.05) is 11.8 Å². The Morgan fingerprint density at radius 1 is 1.20 bits per heavy atom. The minimum absolute atomic E-state index is 0.0580. The Balaban J connectivity index is 1.56. The van der Waals surface area contributed by atoms with Crippen molar-refractivity contribution in [2.24, 2.45) is 17.8 Å². The fourth-order valence-corrected chi connectivity index (χ4v) is 5.17. The molecule has 4 aliphatic rings. The number of carbonyl (C=O) groups is 1. The van der Waals surface area contributed by atoms with Gasteiger partial charge in [0.25, 0.3) is 0 Å². The number of aromatic nitrogens is 2. The van der Waals surface area contributed by atoms with Crippen LogP contribution < -0.4 is 0 Å². The van der Waals surface area contributed by atoms with Gasteiger partial charge in [-0.2, -0.15) is 4.98 Å². The molecule has 4 bridgehead atoms. The summed E-state index contributed by atoms with van der Waals surface area (Å²) in [5.41, 5.74) is 0.139. The molecule has 1 aromatic rings. The molecule has 0 saturated heterocycles. The van der Waals surface area contributed by atoms with Crippen molar-refractivity contribution in [1.29, 1.82) is 0 Å². The van der Waals surface area contributed by atoms with E-state index >= 15 is 0 Å². The predicted octanol–water partition coefficient (Wildman–Crippen LogP) is 2.55. The number of nitrogens with zero attached hydrogens (tertiary/aromatic N) is 2. The maximum atomic E-state index is 10.6. The van der Waals surface area contributed by atoms with Crippen LogP contribution in [0.15, 0.2) is 4.52 Å². The molecule has 4 saturated carbocycles. The number of hydrogen-bond donors (Lipinski definition) is 1. The third-order valence-electron chi connectivity index (χ3n) is 5.53. The highest BCUT2D eigenvalue weighted by Crippen LogP contribution is 2.60. The molecule has 108 valence electrons. The van der Waals surface area contributed by atoms with Gasteiger partial charge in [0.05, 0.1) is 6.42 Å². The standard InChI is InChI=1S/C15H20N2O3/c18-13(19)2-1-12-16-14(17-20-12)15-6-9-3-10(7-15)5-11(4-9)8-15/h9-11H,1-8H2,(H,18,19). The highest BCUT2D eigenvalue weighted by molar-refractivity contribution is 5.66. The van der Waals surface area contributed by atoms with Crippen LogP contribution in [0, 0.1) is 17.8 Å². The number of hydrogen-bond acceptors (Lipinski definition) is 4. The van der Waals surface area contributed by atoms with Gasteiger partial charge in [-0.05, 0) is 56.3 Å². The van der Waals surface area contributed by atoms with Gasteiger partial charge in [-0.3, -0.25) is 4.79 Å². The van der Waals surface area contributed by atoms with Crippen LogP contribution in [0.5, 0.6) is 0 Å². The Kier molecular flexibility index (Phi) is 2.66. The smallest absolute Gasteiger partial charge is 0.303 e. The van der Waals surface area contributed by atoms with Crippen LogP contribution in [0.1, 0.15) is 56.7 Å². The second-order valence-corrected chi connectivity index (χ2v) is 7.10. The van der Waals surface area contributed by atoms with Crippen molar-refractivity contribution in [2.45, 2.75) is 56.8 Å². The summed E-state index contributed by atoms with van der Waals surface area (Å²) in [6.07, 6.45) is 8.19. The van der Waals surface area contributed by atoms with E-state index in [1.54, 1.807) is 0 Å². The Morgan fingerprint density at radius 3 is 2.35 bits per heavy atom. The third-order valence-corrected chi connectivity index (χ3v) is 5.53. The molecule has 5 heteroatoms. The average Bonchev–Trinajstić information content (AvgIpc) is 2.84. The Bertz CT molecular complexity index is 502. The molecule has 0 aromatic carbocycles. The first-order chi connectivity index (χ1) is 9.63. The summed E-state index contributed by atoms with van der Waals surface area (Å²) in [5.74, 6) is 3.07. The minimum Gasteiger partial charge on any atom is -0.481 e. The fourth-order valence-electron chi connectivity index (χ4n) is 5.17. The second kappa shape index (κ2) is 4.30. The number of rotatable bonds is 4. The molecule has 4 fully saturated rings. The molecule has 0 atom stereocenters. The molecular weight excluding hydrogens is 256 g/mol. The molecule has 5 rings (SSSR count). The van der Waals surface area contributed by atoms with Crippen LogP contribution in [0.4, 0.5) is 0 Å². The van der Waals surface area contributed by atoms with E-state index in [1.165, 1.54) is 38.5 Å². The number of aryl methyl sites for hydroxylation is 1. The first-order valence-electron chi connectivity index (χ1n) is 7.68. The van der Waals surface area contributed by atoms with Crippen molar-refractivity contribution < 1.29 is 14.4 Å². The molecule has 4 aliphatic carbocycles. The highest BCUT2D eigenvalue weighted by atomic mass is 16.5. The summed E-state index contributed by atoms with van der Waals surface area (Å²) < 4.78 is 5.28. The van der Waals surface area contributed by atoms with Gasteiger partial charge in [0.15, 0.2) is 5.82 Å². The summed E-state index contributed by atoms with van der Waals surface area (Å²) in [6, 6.07) is 0. The monoisotopic (exact) mass is 276 g/mol. The SMILES string of the molecule is O=C(O)CCc1nc(C23CC4CC(CC(C4)C2)C3)no1. The van der Waals surface area contributed by atoms with Crippen molar-refractivity contribution >= 4 is 5.97 Å². The van der Waals surface area contributed by atoms with Crippen molar-refractivity contribution in [2.75, 3.05) is 0 Å². The summed E-state index contributed by atoms with van der Waals surface area (Å²) in [5, 5.41) is 12.9. The van der Waals surface area contributed by atoms with Gasteiger partial charge >= 0.3 is 5.97 Å². The summed E-state index contributed by atoms with van der Waals surface area (Å²) in [7, 11) is 0. The van der Waals surface area contributed by atoms with E-state index in [9.17, 15) is 4.79 Å². The lowest BCUT2D eigenvalue weighted by Gasteiger charge is -2.55. The molecular formula is C15H20N2O3. The van der Waals surface area contributed by atoms with Crippen LogP contribution >= 0.6 is 0 Å². The number of carboxylic acids is 1. The summed E-state index contributed by atoms with van der Waals surface area (Å²) in [6.45, 7) is 0. The number of carboxylic acid groups (broad SMARTS) is 1. The molecule has 0 aliphatic heterocycles. The van der Waals surface area contributed by atoms with Crippen molar-refractivity contribution in [3.63, 3.8) is 0 Å². The predicted molar refractivity (Wildman–Crippen MR) is 70.1 cm³/mol. The third kappa shape index (κ3) is 1.95. The summed E-state index contributed by atoms with van der Waals surface area (Å²) in [4.78, 5) is 15.1. The fraction of sp³-hybridized carbons (Fsp3) is 0.800. The van der Waals surface area contributed by atoms with E-state index in [0.29, 0.717) is 12.3 Å². The van der Waals surface area contributed by atoms with Crippen LogP contribution in [-0.4, -0.2) is 21.2 Å². The Morgan fingerprint density at radius 2 is 1.80 bits per heavy atom. The maximum absolute atomic E-state index is 10.6. The molecule has 5 nitrogen and oxygen atoms in total. The lowest BCUT2D eigenvalue weighted by molar-refractivity contribution is -0.137. The molecule has 20 heavy (non-hydrogen) atoms. The number of aliphatic carboxylic acids is 1. The van der Waals surface area contributed by atoms with Crippen molar-refractivity contribution in [3.8, 4) is 0 Å². The van der Waals surface area contributed by atoms with E-state index in [-0.39, 0.29) is 11.8 Å².